The number of hydrogen-bond donors (Lipinski definition) is 1. The Balaban J connectivity index is 2.28. The molecule has 1 N–H and O–H groups in total. The van der Waals surface area contributed by atoms with Gasteiger partial charge >= 0.3 is 0 Å². The number of hydrogen-bond acceptors (Lipinski definition) is 3. The minimum Gasteiger partial charge on any atom is -0.491 e. The third-order valence-corrected chi connectivity index (χ3v) is 1.93. The van der Waals surface area contributed by atoms with Gasteiger partial charge in [-0.25, -0.2) is 0 Å². The number of rotatable bonds is 5. The molecule has 0 aliphatic heterocycles. The van der Waals surface area contributed by atoms with E-state index < -0.39 is 0 Å². The molecule has 0 spiro atoms. The van der Waals surface area contributed by atoms with Gasteiger partial charge in [0.25, 0.3) is 0 Å². The summed E-state index contributed by atoms with van der Waals surface area (Å²) in [6, 6.07) is 2.24. The maximum atomic E-state index is 5.86. The number of halogens is 1. The summed E-state index contributed by atoms with van der Waals surface area (Å²) in [7, 11) is 0. The second-order valence-corrected chi connectivity index (χ2v) is 3.67. The molecule has 78 valence electrons. The van der Waals surface area contributed by atoms with Crippen LogP contribution in [-0.2, 0) is 0 Å². The summed E-state index contributed by atoms with van der Waals surface area (Å²) in [6.45, 7) is 5.62. The van der Waals surface area contributed by atoms with E-state index in [1.807, 2.05) is 0 Å². The Hall–Kier alpha value is -0.800. The van der Waals surface area contributed by atoms with Crippen LogP contribution in [-0.4, -0.2) is 24.2 Å². The van der Waals surface area contributed by atoms with Crippen molar-refractivity contribution in [3.63, 3.8) is 0 Å². The summed E-state index contributed by atoms with van der Waals surface area (Å²) in [5.74, 6) is 0.687. The zero-order valence-electron chi connectivity index (χ0n) is 8.46. The van der Waals surface area contributed by atoms with Crippen LogP contribution in [0.5, 0.6) is 5.75 Å². The minimum absolute atomic E-state index is 0.478. The topological polar surface area (TPSA) is 34.1 Å². The van der Waals surface area contributed by atoms with E-state index in [-0.39, 0.29) is 0 Å². The number of nitrogens with zero attached hydrogens (tertiary/aromatic N) is 1. The summed E-state index contributed by atoms with van der Waals surface area (Å²) >= 11 is 5.86. The predicted molar refractivity (Wildman–Crippen MR) is 57.9 cm³/mol. The van der Waals surface area contributed by atoms with Crippen LogP contribution >= 0.6 is 11.6 Å². The first-order chi connectivity index (χ1) is 6.70. The first kappa shape index (κ1) is 11.3. The molecule has 1 aromatic heterocycles. The highest BCUT2D eigenvalue weighted by molar-refractivity contribution is 6.31. The van der Waals surface area contributed by atoms with Gasteiger partial charge in [0.2, 0.25) is 0 Å². The average molecular weight is 215 g/mol. The maximum Gasteiger partial charge on any atom is 0.141 e. The molecule has 0 aliphatic carbocycles. The van der Waals surface area contributed by atoms with E-state index in [4.69, 9.17) is 16.3 Å². The van der Waals surface area contributed by atoms with Gasteiger partial charge in [-0.2, -0.15) is 0 Å². The molecule has 0 atom stereocenters. The second kappa shape index (κ2) is 5.83. The Morgan fingerprint density at radius 2 is 2.36 bits per heavy atom. The molecule has 0 bridgehead atoms. The second-order valence-electron chi connectivity index (χ2n) is 3.26. The molecule has 0 aromatic carbocycles. The molecule has 0 radical (unpaired) electrons. The fraction of sp³-hybridized carbons (Fsp3) is 0.500. The molecule has 1 rings (SSSR count). The van der Waals surface area contributed by atoms with E-state index in [0.717, 1.165) is 6.54 Å². The molecule has 1 heterocycles. The lowest BCUT2D eigenvalue weighted by Crippen LogP contribution is -2.27. The normalized spacial score (nSPS) is 10.6. The van der Waals surface area contributed by atoms with Gasteiger partial charge in [0.15, 0.2) is 0 Å². The standard InChI is InChI=1S/C10H15ClN2O/c1-8(2)13-5-6-14-10-3-4-12-7-9(10)11/h3-4,7-8,13H,5-6H2,1-2H3. The van der Waals surface area contributed by atoms with E-state index in [2.05, 4.69) is 24.1 Å². The van der Waals surface area contributed by atoms with Gasteiger partial charge in [0, 0.05) is 31.0 Å². The minimum atomic E-state index is 0.478. The zero-order valence-corrected chi connectivity index (χ0v) is 9.21. The van der Waals surface area contributed by atoms with Gasteiger partial charge in [-0.3, -0.25) is 4.98 Å². The number of nitrogens with one attached hydrogen (secondary N) is 1. The molecule has 4 heteroatoms. The number of ether oxygens (including phenoxy) is 1. The van der Waals surface area contributed by atoms with E-state index in [0.29, 0.717) is 23.4 Å². The maximum absolute atomic E-state index is 5.86. The third-order valence-electron chi connectivity index (χ3n) is 1.65. The Labute approximate surface area is 89.4 Å². The molecular formula is C10H15ClN2O. The molecule has 0 amide bonds. The van der Waals surface area contributed by atoms with Crippen LogP contribution in [0.15, 0.2) is 18.5 Å². The summed E-state index contributed by atoms with van der Waals surface area (Å²) in [4.78, 5) is 3.87. The van der Waals surface area contributed by atoms with E-state index >= 15 is 0 Å². The number of pyridine rings is 1. The first-order valence-electron chi connectivity index (χ1n) is 4.66. The Morgan fingerprint density at radius 1 is 1.57 bits per heavy atom. The van der Waals surface area contributed by atoms with Crippen molar-refractivity contribution in [1.82, 2.24) is 10.3 Å². The van der Waals surface area contributed by atoms with Crippen molar-refractivity contribution in [3.05, 3.63) is 23.5 Å². The average Bonchev–Trinajstić information content (AvgIpc) is 2.15. The molecule has 3 nitrogen and oxygen atoms in total. The third kappa shape index (κ3) is 3.94. The summed E-state index contributed by atoms with van der Waals surface area (Å²) in [6.07, 6.45) is 3.24. The van der Waals surface area contributed by atoms with Crippen molar-refractivity contribution in [2.75, 3.05) is 13.2 Å². The van der Waals surface area contributed by atoms with Crippen molar-refractivity contribution in [3.8, 4) is 5.75 Å². The fourth-order valence-electron chi connectivity index (χ4n) is 0.988. The van der Waals surface area contributed by atoms with Gasteiger partial charge in [0.05, 0.1) is 0 Å². The molecule has 0 saturated heterocycles. The van der Waals surface area contributed by atoms with Crippen LogP contribution in [0.25, 0.3) is 0 Å². The monoisotopic (exact) mass is 214 g/mol. The van der Waals surface area contributed by atoms with Gasteiger partial charge in [-0.05, 0) is 0 Å². The highest BCUT2D eigenvalue weighted by Crippen LogP contribution is 2.21. The molecule has 14 heavy (non-hydrogen) atoms. The van der Waals surface area contributed by atoms with Crippen molar-refractivity contribution < 1.29 is 4.74 Å². The fourth-order valence-corrected chi connectivity index (χ4v) is 1.16. The Kier molecular flexibility index (Phi) is 4.70. The van der Waals surface area contributed by atoms with Crippen LogP contribution < -0.4 is 10.1 Å². The van der Waals surface area contributed by atoms with E-state index in [1.165, 1.54) is 0 Å². The summed E-state index contributed by atoms with van der Waals surface area (Å²) in [5, 5.41) is 3.80. The lowest BCUT2D eigenvalue weighted by Gasteiger charge is -2.10. The number of aromatic nitrogens is 1. The van der Waals surface area contributed by atoms with Gasteiger partial charge in [-0.1, -0.05) is 25.4 Å². The Morgan fingerprint density at radius 3 is 3.00 bits per heavy atom. The molecular weight excluding hydrogens is 200 g/mol. The largest absolute Gasteiger partial charge is 0.491 e. The quantitative estimate of drug-likeness (QED) is 0.763. The predicted octanol–water partition coefficient (Wildman–Crippen LogP) is 2.11. The molecule has 0 aliphatic rings. The van der Waals surface area contributed by atoms with Crippen LogP contribution in [0.1, 0.15) is 13.8 Å². The van der Waals surface area contributed by atoms with Gasteiger partial charge in [-0.15, -0.1) is 0 Å². The molecule has 0 fully saturated rings. The van der Waals surface area contributed by atoms with Crippen LogP contribution in [0.3, 0.4) is 0 Å². The SMILES string of the molecule is CC(C)NCCOc1ccncc1Cl. The summed E-state index contributed by atoms with van der Waals surface area (Å²) < 4.78 is 5.45. The zero-order chi connectivity index (χ0) is 10.4. The summed E-state index contributed by atoms with van der Waals surface area (Å²) in [5.41, 5.74) is 0. The van der Waals surface area contributed by atoms with Crippen molar-refractivity contribution >= 4 is 11.6 Å². The van der Waals surface area contributed by atoms with Crippen molar-refractivity contribution in [1.29, 1.82) is 0 Å². The van der Waals surface area contributed by atoms with Crippen LogP contribution in [0.2, 0.25) is 5.02 Å². The van der Waals surface area contributed by atoms with Gasteiger partial charge in [0.1, 0.15) is 17.4 Å². The highest BCUT2D eigenvalue weighted by Gasteiger charge is 1.99. The van der Waals surface area contributed by atoms with E-state index in [1.54, 1.807) is 18.5 Å². The van der Waals surface area contributed by atoms with Crippen LogP contribution in [0.4, 0.5) is 0 Å². The smallest absolute Gasteiger partial charge is 0.141 e. The lowest BCUT2D eigenvalue weighted by molar-refractivity contribution is 0.309. The lowest BCUT2D eigenvalue weighted by atomic mass is 10.4. The Bertz CT molecular complexity index is 279. The van der Waals surface area contributed by atoms with Crippen LogP contribution in [0, 0.1) is 0 Å². The highest BCUT2D eigenvalue weighted by atomic mass is 35.5. The molecule has 0 unspecified atom stereocenters. The van der Waals surface area contributed by atoms with E-state index in [9.17, 15) is 0 Å². The molecule has 1 aromatic rings. The molecule has 0 saturated carbocycles. The van der Waals surface area contributed by atoms with Crippen molar-refractivity contribution in [2.45, 2.75) is 19.9 Å². The van der Waals surface area contributed by atoms with Crippen molar-refractivity contribution in [2.24, 2.45) is 0 Å². The van der Waals surface area contributed by atoms with Gasteiger partial charge < -0.3 is 10.1 Å². The first-order valence-corrected chi connectivity index (χ1v) is 5.03.